The quantitative estimate of drug-likeness (QED) is 0.831. The molecule has 0 atom stereocenters. The molecule has 2 rings (SSSR count). The summed E-state index contributed by atoms with van der Waals surface area (Å²) in [4.78, 5) is 15.0. The molecule has 0 aliphatic rings. The molecule has 6 heteroatoms. The summed E-state index contributed by atoms with van der Waals surface area (Å²) in [6.45, 7) is 0.248. The SMILES string of the molecule is Cn1nc(COc2ccccn2)cc1C(N)=O. The van der Waals surface area contributed by atoms with Crippen molar-refractivity contribution in [1.29, 1.82) is 0 Å². The van der Waals surface area contributed by atoms with E-state index in [2.05, 4.69) is 10.1 Å². The van der Waals surface area contributed by atoms with Crippen molar-refractivity contribution in [2.24, 2.45) is 12.8 Å². The summed E-state index contributed by atoms with van der Waals surface area (Å²) in [6.07, 6.45) is 1.64. The van der Waals surface area contributed by atoms with Crippen LogP contribution in [0.3, 0.4) is 0 Å². The first-order chi connectivity index (χ1) is 8.16. The fourth-order valence-electron chi connectivity index (χ4n) is 1.41. The topological polar surface area (TPSA) is 83.0 Å². The Morgan fingerprint density at radius 2 is 2.35 bits per heavy atom. The summed E-state index contributed by atoms with van der Waals surface area (Å²) in [6, 6.07) is 6.98. The number of nitrogens with two attached hydrogens (primary N) is 1. The first-order valence-corrected chi connectivity index (χ1v) is 5.03. The lowest BCUT2D eigenvalue weighted by molar-refractivity contribution is 0.0991. The summed E-state index contributed by atoms with van der Waals surface area (Å²) in [5.74, 6) is 0.00265. The van der Waals surface area contributed by atoms with Crippen LogP contribution in [0.15, 0.2) is 30.5 Å². The lowest BCUT2D eigenvalue weighted by Crippen LogP contribution is -2.15. The molecule has 0 unspecified atom stereocenters. The minimum absolute atomic E-state index is 0.248. The fraction of sp³-hybridized carbons (Fsp3) is 0.182. The van der Waals surface area contributed by atoms with Gasteiger partial charge in [0, 0.05) is 19.3 Å². The molecule has 2 aromatic heterocycles. The van der Waals surface area contributed by atoms with Crippen LogP contribution in [0.25, 0.3) is 0 Å². The molecular formula is C11H12N4O2. The highest BCUT2D eigenvalue weighted by atomic mass is 16.5. The number of pyridine rings is 1. The summed E-state index contributed by atoms with van der Waals surface area (Å²) in [5, 5.41) is 4.11. The van der Waals surface area contributed by atoms with Crippen LogP contribution in [-0.4, -0.2) is 20.7 Å². The van der Waals surface area contributed by atoms with Gasteiger partial charge in [-0.15, -0.1) is 0 Å². The van der Waals surface area contributed by atoms with Crippen molar-refractivity contribution in [1.82, 2.24) is 14.8 Å². The molecule has 1 amide bonds. The molecule has 2 heterocycles. The zero-order chi connectivity index (χ0) is 12.3. The highest BCUT2D eigenvalue weighted by molar-refractivity contribution is 5.91. The summed E-state index contributed by atoms with van der Waals surface area (Å²) in [5.41, 5.74) is 6.17. The third-order valence-electron chi connectivity index (χ3n) is 2.19. The average Bonchev–Trinajstić information content (AvgIpc) is 2.69. The van der Waals surface area contributed by atoms with E-state index >= 15 is 0 Å². The summed E-state index contributed by atoms with van der Waals surface area (Å²) in [7, 11) is 1.66. The van der Waals surface area contributed by atoms with E-state index in [1.807, 2.05) is 6.07 Å². The van der Waals surface area contributed by atoms with Crippen LogP contribution in [-0.2, 0) is 13.7 Å². The van der Waals surface area contributed by atoms with Gasteiger partial charge in [-0.05, 0) is 12.1 Å². The van der Waals surface area contributed by atoms with Crippen molar-refractivity contribution < 1.29 is 9.53 Å². The van der Waals surface area contributed by atoms with Crippen LogP contribution in [0.1, 0.15) is 16.2 Å². The third-order valence-corrected chi connectivity index (χ3v) is 2.19. The molecule has 0 saturated heterocycles. The number of nitrogens with zero attached hydrogens (tertiary/aromatic N) is 3. The van der Waals surface area contributed by atoms with Gasteiger partial charge in [-0.1, -0.05) is 6.07 Å². The van der Waals surface area contributed by atoms with E-state index in [-0.39, 0.29) is 6.61 Å². The largest absolute Gasteiger partial charge is 0.471 e. The van der Waals surface area contributed by atoms with Crippen molar-refractivity contribution in [2.45, 2.75) is 6.61 Å². The Labute approximate surface area is 98.0 Å². The first-order valence-electron chi connectivity index (χ1n) is 5.03. The molecular weight excluding hydrogens is 220 g/mol. The number of primary amides is 1. The number of hydrogen-bond donors (Lipinski definition) is 1. The molecule has 2 aromatic rings. The molecule has 0 bridgehead atoms. The second kappa shape index (κ2) is 4.65. The molecule has 0 aromatic carbocycles. The van der Waals surface area contributed by atoms with Crippen molar-refractivity contribution >= 4 is 5.91 Å². The smallest absolute Gasteiger partial charge is 0.266 e. The van der Waals surface area contributed by atoms with Crippen LogP contribution in [0, 0.1) is 0 Å². The fourth-order valence-corrected chi connectivity index (χ4v) is 1.41. The van der Waals surface area contributed by atoms with Crippen LogP contribution in [0.2, 0.25) is 0 Å². The second-order valence-corrected chi connectivity index (χ2v) is 3.47. The molecule has 0 aliphatic heterocycles. The highest BCUT2D eigenvalue weighted by Gasteiger charge is 2.10. The van der Waals surface area contributed by atoms with Crippen molar-refractivity contribution in [3.63, 3.8) is 0 Å². The lowest BCUT2D eigenvalue weighted by atomic mass is 10.3. The van der Waals surface area contributed by atoms with Gasteiger partial charge in [0.2, 0.25) is 5.88 Å². The second-order valence-electron chi connectivity index (χ2n) is 3.47. The zero-order valence-corrected chi connectivity index (χ0v) is 9.33. The van der Waals surface area contributed by atoms with Gasteiger partial charge in [-0.3, -0.25) is 9.48 Å². The molecule has 17 heavy (non-hydrogen) atoms. The predicted molar refractivity (Wildman–Crippen MR) is 60.3 cm³/mol. The van der Waals surface area contributed by atoms with E-state index < -0.39 is 5.91 Å². The lowest BCUT2D eigenvalue weighted by Gasteiger charge is -2.01. The normalized spacial score (nSPS) is 10.2. The van der Waals surface area contributed by atoms with Crippen molar-refractivity contribution in [3.8, 4) is 5.88 Å². The molecule has 0 saturated carbocycles. The van der Waals surface area contributed by atoms with Gasteiger partial charge in [0.15, 0.2) is 0 Å². The van der Waals surface area contributed by atoms with E-state index in [0.29, 0.717) is 17.3 Å². The Kier molecular flexibility index (Phi) is 3.04. The van der Waals surface area contributed by atoms with Crippen LogP contribution in [0.4, 0.5) is 0 Å². The minimum Gasteiger partial charge on any atom is -0.471 e. The van der Waals surface area contributed by atoms with Gasteiger partial charge >= 0.3 is 0 Å². The first kappa shape index (κ1) is 11.1. The number of aromatic nitrogens is 3. The van der Waals surface area contributed by atoms with E-state index in [1.54, 1.807) is 31.4 Å². The van der Waals surface area contributed by atoms with E-state index in [9.17, 15) is 4.79 Å². The number of aryl methyl sites for hydroxylation is 1. The highest BCUT2D eigenvalue weighted by Crippen LogP contribution is 2.08. The Balaban J connectivity index is 2.05. The molecule has 88 valence electrons. The number of hydrogen-bond acceptors (Lipinski definition) is 4. The Bertz CT molecular complexity index is 522. The van der Waals surface area contributed by atoms with Crippen LogP contribution >= 0.6 is 0 Å². The van der Waals surface area contributed by atoms with Crippen LogP contribution < -0.4 is 10.5 Å². The number of amides is 1. The summed E-state index contributed by atoms with van der Waals surface area (Å²) < 4.78 is 6.83. The maximum atomic E-state index is 11.0. The minimum atomic E-state index is -0.510. The van der Waals surface area contributed by atoms with Gasteiger partial charge in [0.1, 0.15) is 18.0 Å². The van der Waals surface area contributed by atoms with E-state index in [0.717, 1.165) is 0 Å². The monoisotopic (exact) mass is 232 g/mol. The number of carbonyl (C=O) groups is 1. The maximum Gasteiger partial charge on any atom is 0.266 e. The molecule has 0 radical (unpaired) electrons. The predicted octanol–water partition coefficient (Wildman–Crippen LogP) is 0.493. The molecule has 0 fully saturated rings. The van der Waals surface area contributed by atoms with Crippen molar-refractivity contribution in [2.75, 3.05) is 0 Å². The number of ether oxygens (including phenoxy) is 1. The maximum absolute atomic E-state index is 11.0. The van der Waals surface area contributed by atoms with Gasteiger partial charge in [0.05, 0.1) is 0 Å². The van der Waals surface area contributed by atoms with Gasteiger partial charge in [0.25, 0.3) is 5.91 Å². The van der Waals surface area contributed by atoms with Gasteiger partial charge in [-0.2, -0.15) is 5.10 Å². The number of carbonyl (C=O) groups excluding carboxylic acids is 1. The molecule has 6 nitrogen and oxygen atoms in total. The number of rotatable bonds is 4. The molecule has 0 spiro atoms. The Morgan fingerprint density at radius 3 is 2.94 bits per heavy atom. The van der Waals surface area contributed by atoms with E-state index in [1.165, 1.54) is 4.68 Å². The van der Waals surface area contributed by atoms with Crippen LogP contribution in [0.5, 0.6) is 5.88 Å². The zero-order valence-electron chi connectivity index (χ0n) is 9.33. The molecule has 2 N–H and O–H groups in total. The summed E-state index contributed by atoms with van der Waals surface area (Å²) >= 11 is 0. The van der Waals surface area contributed by atoms with Gasteiger partial charge < -0.3 is 10.5 Å². The Morgan fingerprint density at radius 1 is 1.53 bits per heavy atom. The van der Waals surface area contributed by atoms with Gasteiger partial charge in [-0.25, -0.2) is 4.98 Å². The standard InChI is InChI=1S/C11H12N4O2/c1-15-9(11(12)16)6-8(14-15)7-17-10-4-2-3-5-13-10/h2-6H,7H2,1H3,(H2,12,16). The van der Waals surface area contributed by atoms with Crippen molar-refractivity contribution in [3.05, 3.63) is 41.9 Å². The van der Waals surface area contributed by atoms with E-state index in [4.69, 9.17) is 10.5 Å². The average molecular weight is 232 g/mol. The molecule has 0 aliphatic carbocycles. The Hall–Kier alpha value is -2.37. The third kappa shape index (κ3) is 2.60.